The number of aliphatic hydroxyl groups excluding tert-OH is 2. The molecule has 5 aliphatic rings. The van der Waals surface area contributed by atoms with Crippen LogP contribution in [0, 0.1) is 11.8 Å². The summed E-state index contributed by atoms with van der Waals surface area (Å²) < 4.78 is 30.3. The second-order valence-corrected chi connectivity index (χ2v) is 15.4. The van der Waals surface area contributed by atoms with Gasteiger partial charge < -0.3 is 44.1 Å². The number of nitrogens with zero attached hydrogens (tertiary/aromatic N) is 1. The van der Waals surface area contributed by atoms with E-state index in [1.54, 1.807) is 62.1 Å². The lowest BCUT2D eigenvalue weighted by molar-refractivity contribution is -0.209. The van der Waals surface area contributed by atoms with E-state index in [0.29, 0.717) is 36.1 Å². The molecule has 13 nitrogen and oxygen atoms in total. The van der Waals surface area contributed by atoms with Crippen LogP contribution in [0.1, 0.15) is 94.5 Å². The summed E-state index contributed by atoms with van der Waals surface area (Å²) in [4.78, 5) is 55.4. The Hall–Kier alpha value is -3.78. The lowest BCUT2D eigenvalue weighted by Crippen LogP contribution is -2.51. The van der Waals surface area contributed by atoms with Crippen molar-refractivity contribution in [2.75, 3.05) is 26.4 Å². The normalized spacial score (nSPS) is 26.0. The van der Waals surface area contributed by atoms with E-state index in [-0.39, 0.29) is 56.8 Å². The fraction of sp³-hybridized carbons (Fsp3) is 0.641. The van der Waals surface area contributed by atoms with Crippen LogP contribution in [-0.2, 0) is 38.1 Å². The Morgan fingerprint density at radius 1 is 1.06 bits per heavy atom. The van der Waals surface area contributed by atoms with Crippen molar-refractivity contribution in [1.29, 1.82) is 0 Å². The van der Waals surface area contributed by atoms with E-state index in [1.165, 1.54) is 6.26 Å². The summed E-state index contributed by atoms with van der Waals surface area (Å²) >= 11 is 0. The third-order valence-electron chi connectivity index (χ3n) is 10.2. The molecule has 52 heavy (non-hydrogen) atoms. The summed E-state index contributed by atoms with van der Waals surface area (Å²) in [6.45, 7) is 5.29. The number of rotatable bonds is 15. The third kappa shape index (κ3) is 8.87. The van der Waals surface area contributed by atoms with Crippen LogP contribution in [0.4, 0.5) is 0 Å². The van der Waals surface area contributed by atoms with Gasteiger partial charge in [0.15, 0.2) is 5.79 Å². The second kappa shape index (κ2) is 16.1. The average molecular weight is 725 g/mol. The number of esters is 2. The van der Waals surface area contributed by atoms with Crippen molar-refractivity contribution in [3.05, 3.63) is 53.3 Å². The number of ether oxygens (including phenoxy) is 5. The molecule has 284 valence electrons. The largest absolute Gasteiger partial charge is 0.499 e. The molecule has 2 amide bonds. The number of hydrogen-bond donors (Lipinski definition) is 3. The van der Waals surface area contributed by atoms with Crippen LogP contribution in [0.3, 0.4) is 0 Å². The predicted molar refractivity (Wildman–Crippen MR) is 187 cm³/mol. The molecule has 2 saturated carbocycles. The summed E-state index contributed by atoms with van der Waals surface area (Å²) in [5.41, 5.74) is 0.618. The summed E-state index contributed by atoms with van der Waals surface area (Å²) in [7, 11) is 0. The molecule has 13 heteroatoms. The smallest absolute Gasteiger partial charge is 0.339 e. The maximum absolute atomic E-state index is 14.3. The number of benzene rings is 1. The van der Waals surface area contributed by atoms with Crippen LogP contribution in [0.25, 0.3) is 6.08 Å². The highest BCUT2D eigenvalue weighted by Crippen LogP contribution is 2.59. The van der Waals surface area contributed by atoms with Gasteiger partial charge in [-0.15, -0.1) is 0 Å². The van der Waals surface area contributed by atoms with Gasteiger partial charge in [-0.25, -0.2) is 4.79 Å². The minimum absolute atomic E-state index is 0.0230. The van der Waals surface area contributed by atoms with Gasteiger partial charge in [0.1, 0.15) is 36.6 Å². The summed E-state index contributed by atoms with van der Waals surface area (Å²) in [6.07, 6.45) is 8.10. The summed E-state index contributed by atoms with van der Waals surface area (Å²) in [5.74, 6) is -2.02. The number of amides is 2. The van der Waals surface area contributed by atoms with Gasteiger partial charge in [0.2, 0.25) is 11.8 Å². The van der Waals surface area contributed by atoms with Gasteiger partial charge in [0.25, 0.3) is 0 Å². The van der Waals surface area contributed by atoms with Gasteiger partial charge in [0.05, 0.1) is 31.1 Å². The first-order valence-electron chi connectivity index (χ1n) is 18.6. The van der Waals surface area contributed by atoms with Crippen molar-refractivity contribution in [2.24, 2.45) is 11.8 Å². The van der Waals surface area contributed by atoms with Crippen LogP contribution >= 0.6 is 0 Å². The maximum atomic E-state index is 14.3. The van der Waals surface area contributed by atoms with Crippen molar-refractivity contribution in [2.45, 2.75) is 120 Å². The number of hydrogen-bond acceptors (Lipinski definition) is 11. The van der Waals surface area contributed by atoms with Gasteiger partial charge in [-0.05, 0) is 89.5 Å². The summed E-state index contributed by atoms with van der Waals surface area (Å²) in [6, 6.07) is 5.48. The molecule has 1 aromatic carbocycles. The molecule has 2 saturated heterocycles. The minimum Gasteiger partial charge on any atom is -0.499 e. The fourth-order valence-corrected chi connectivity index (χ4v) is 7.49. The van der Waals surface area contributed by atoms with Gasteiger partial charge in [-0.3, -0.25) is 14.4 Å². The minimum atomic E-state index is -0.829. The lowest BCUT2D eigenvalue weighted by Gasteiger charge is -2.33. The van der Waals surface area contributed by atoms with E-state index < -0.39 is 59.6 Å². The number of carbonyl (C=O) groups excluding carboxylic acids is 4. The molecule has 3 aliphatic carbocycles. The monoisotopic (exact) mass is 724 g/mol. The third-order valence-corrected chi connectivity index (χ3v) is 10.2. The molecule has 2 aliphatic heterocycles. The van der Waals surface area contributed by atoms with Gasteiger partial charge in [-0.1, -0.05) is 18.2 Å². The molecule has 1 aromatic rings. The highest BCUT2D eigenvalue weighted by Gasteiger charge is 2.64. The highest BCUT2D eigenvalue weighted by molar-refractivity contribution is 5.98. The predicted octanol–water partition coefficient (Wildman–Crippen LogP) is 3.41. The zero-order chi connectivity index (χ0) is 37.0. The van der Waals surface area contributed by atoms with Gasteiger partial charge in [0, 0.05) is 36.8 Å². The molecular formula is C39H52N2O11. The van der Waals surface area contributed by atoms with Gasteiger partial charge in [-0.2, -0.15) is 0 Å². The molecule has 3 N–H and O–H groups in total. The first-order valence-corrected chi connectivity index (χ1v) is 18.6. The quantitative estimate of drug-likeness (QED) is 0.138. The maximum Gasteiger partial charge on any atom is 0.339 e. The Morgan fingerprint density at radius 2 is 1.79 bits per heavy atom. The highest BCUT2D eigenvalue weighted by atomic mass is 16.8. The summed E-state index contributed by atoms with van der Waals surface area (Å²) in [5, 5.41) is 21.8. The zero-order valence-electron chi connectivity index (χ0n) is 30.3. The van der Waals surface area contributed by atoms with Crippen molar-refractivity contribution < 1.29 is 53.1 Å². The van der Waals surface area contributed by atoms with E-state index in [9.17, 15) is 24.3 Å². The van der Waals surface area contributed by atoms with Crippen LogP contribution in [0.5, 0.6) is 0 Å². The first-order chi connectivity index (χ1) is 24.9. The van der Waals surface area contributed by atoms with Crippen LogP contribution in [-0.4, -0.2) is 107 Å². The standard InChI is InChI=1S/C39H52N2O11/c1-38(2,3)51-33(44)15-14-28(23-43)40-35(45)30-9-6-17-41(30)36(46)25-21-31(34-32(22-25)50-39(52-34,26-10-11-26)27-12-13-27)49-37(47)29-8-5-4-7-24(29)16-19-48-20-18-42/h4-5,7-8,16,19,22,26-28,30-32,34,42-43H,6,9-15,17-18,20-21,23H2,1-3H3,(H,40,45). The van der Waals surface area contributed by atoms with E-state index in [4.69, 9.17) is 28.8 Å². The Labute approximate surface area is 304 Å². The van der Waals surface area contributed by atoms with Crippen molar-refractivity contribution >= 4 is 29.8 Å². The van der Waals surface area contributed by atoms with E-state index in [2.05, 4.69) is 5.32 Å². The molecular weight excluding hydrogens is 672 g/mol. The SMILES string of the molecule is CC(C)(C)OC(=O)CCC(CO)NC(=O)C1CCCN1C(=O)C1=CC2OC(C3CC3)(C3CC3)OC2C(OC(=O)c2ccccc2C=COCCO)C1. The second-order valence-electron chi connectivity index (χ2n) is 15.4. The molecule has 0 aromatic heterocycles. The van der Waals surface area contributed by atoms with Crippen LogP contribution in [0.15, 0.2) is 42.2 Å². The number of aliphatic hydroxyl groups is 2. The van der Waals surface area contributed by atoms with Crippen molar-refractivity contribution in [3.63, 3.8) is 0 Å². The van der Waals surface area contributed by atoms with Crippen LogP contribution < -0.4 is 5.32 Å². The molecule has 0 radical (unpaired) electrons. The Bertz CT molecular complexity index is 1530. The molecule has 5 atom stereocenters. The molecule has 0 spiro atoms. The Kier molecular flexibility index (Phi) is 11.7. The topological polar surface area (TPSA) is 170 Å². The molecule has 5 unspecified atom stereocenters. The zero-order valence-corrected chi connectivity index (χ0v) is 30.3. The number of carbonyl (C=O) groups is 4. The number of fused-ring (bicyclic) bond motifs is 1. The van der Waals surface area contributed by atoms with Crippen LogP contribution in [0.2, 0.25) is 0 Å². The lowest BCUT2D eigenvalue weighted by atomic mass is 9.91. The Balaban J connectivity index is 1.18. The van der Waals surface area contributed by atoms with Gasteiger partial charge >= 0.3 is 11.9 Å². The van der Waals surface area contributed by atoms with Crippen molar-refractivity contribution in [3.8, 4) is 0 Å². The molecule has 4 fully saturated rings. The van der Waals surface area contributed by atoms with E-state index >= 15 is 0 Å². The molecule has 2 heterocycles. The fourth-order valence-electron chi connectivity index (χ4n) is 7.49. The average Bonchev–Trinajstić information content (AvgIpc) is 4.06. The number of nitrogens with one attached hydrogen (secondary N) is 1. The first kappa shape index (κ1) is 38.0. The molecule has 6 rings (SSSR count). The van der Waals surface area contributed by atoms with Crippen molar-refractivity contribution in [1.82, 2.24) is 10.2 Å². The number of likely N-dealkylation sites (tertiary alicyclic amines) is 1. The van der Waals surface area contributed by atoms with E-state index in [1.807, 2.05) is 0 Å². The Morgan fingerprint density at radius 3 is 2.46 bits per heavy atom. The molecule has 0 bridgehead atoms. The van der Waals surface area contributed by atoms with E-state index in [0.717, 1.165) is 25.7 Å².